The van der Waals surface area contributed by atoms with E-state index in [1.165, 1.54) is 0 Å². The van der Waals surface area contributed by atoms with Crippen molar-refractivity contribution in [3.8, 4) is 5.75 Å². The van der Waals surface area contributed by atoms with E-state index in [-0.39, 0.29) is 0 Å². The third kappa shape index (κ3) is 2.48. The van der Waals surface area contributed by atoms with Gasteiger partial charge in [-0.2, -0.15) is 5.11 Å². The number of azo groups is 1. The van der Waals surface area contributed by atoms with Gasteiger partial charge in [-0.15, -0.1) is 10.2 Å². The van der Waals surface area contributed by atoms with Crippen molar-refractivity contribution < 1.29 is 4.74 Å². The van der Waals surface area contributed by atoms with E-state index in [0.717, 1.165) is 17.1 Å². The number of nitrogens with zero attached hydrogens (tertiary/aromatic N) is 5. The fourth-order valence-electron chi connectivity index (χ4n) is 2.18. The number of nitrogens with two attached hydrogens (primary N) is 1. The molecule has 0 aliphatic rings. The molecule has 0 amide bonds. The lowest BCUT2D eigenvalue weighted by Crippen LogP contribution is -1.97. The summed E-state index contributed by atoms with van der Waals surface area (Å²) in [4.78, 5) is 4.44. The Morgan fingerprint density at radius 2 is 1.86 bits per heavy atom. The summed E-state index contributed by atoms with van der Waals surface area (Å²) in [7, 11) is 1.62. The number of nitrogen functional groups attached to an aromatic ring is 1. The minimum atomic E-state index is 0.304. The number of methoxy groups -OCH3 is 1. The predicted octanol–water partition coefficient (Wildman–Crippen LogP) is 3.35. The Balaban J connectivity index is 2.02. The zero-order valence-corrected chi connectivity index (χ0v) is 12.6. The number of benzene rings is 1. The molecule has 2 aromatic heterocycles. The van der Waals surface area contributed by atoms with Crippen LogP contribution >= 0.6 is 0 Å². The molecule has 3 aromatic rings. The summed E-state index contributed by atoms with van der Waals surface area (Å²) in [5.41, 5.74) is 9.54. The van der Waals surface area contributed by atoms with Gasteiger partial charge in [0.25, 0.3) is 0 Å². The first-order chi connectivity index (χ1) is 10.6. The summed E-state index contributed by atoms with van der Waals surface area (Å²) in [6, 6.07) is 9.20. The molecule has 0 unspecified atom stereocenters. The molecule has 22 heavy (non-hydrogen) atoms. The fourth-order valence-corrected chi connectivity index (χ4v) is 2.18. The Bertz CT molecular complexity index is 851. The molecule has 3 rings (SSSR count). The van der Waals surface area contributed by atoms with Crippen molar-refractivity contribution in [3.63, 3.8) is 0 Å². The van der Waals surface area contributed by atoms with Crippen molar-refractivity contribution in [3.05, 3.63) is 41.7 Å². The first kappa shape index (κ1) is 14.0. The van der Waals surface area contributed by atoms with Crippen LogP contribution in [0.2, 0.25) is 0 Å². The minimum absolute atomic E-state index is 0.304. The van der Waals surface area contributed by atoms with Crippen LogP contribution in [0.4, 0.5) is 17.2 Å². The molecule has 2 heterocycles. The summed E-state index contributed by atoms with van der Waals surface area (Å²) in [5, 5.41) is 12.7. The van der Waals surface area contributed by atoms with E-state index in [4.69, 9.17) is 10.5 Å². The van der Waals surface area contributed by atoms with Gasteiger partial charge in [-0.05, 0) is 44.2 Å². The van der Waals surface area contributed by atoms with Gasteiger partial charge in [0.05, 0.1) is 12.8 Å². The van der Waals surface area contributed by atoms with Crippen LogP contribution in [0.3, 0.4) is 0 Å². The second-order valence-corrected chi connectivity index (χ2v) is 4.91. The highest BCUT2D eigenvalue weighted by atomic mass is 16.5. The van der Waals surface area contributed by atoms with Crippen molar-refractivity contribution in [2.45, 2.75) is 13.8 Å². The van der Waals surface area contributed by atoms with Crippen LogP contribution in [0.1, 0.15) is 11.4 Å². The van der Waals surface area contributed by atoms with Crippen molar-refractivity contribution in [2.24, 2.45) is 10.2 Å². The highest BCUT2D eigenvalue weighted by Gasteiger charge is 2.13. The molecule has 0 fully saturated rings. The third-order valence-corrected chi connectivity index (χ3v) is 3.23. The average molecular weight is 296 g/mol. The summed E-state index contributed by atoms with van der Waals surface area (Å²) < 4.78 is 6.78. The smallest absolute Gasteiger partial charge is 0.185 e. The number of hydrogen-bond acceptors (Lipinski definition) is 6. The third-order valence-electron chi connectivity index (χ3n) is 3.23. The molecule has 0 saturated carbocycles. The average Bonchev–Trinajstić information content (AvgIpc) is 2.82. The summed E-state index contributed by atoms with van der Waals surface area (Å²) in [6.45, 7) is 3.86. The van der Waals surface area contributed by atoms with E-state index < -0.39 is 0 Å². The van der Waals surface area contributed by atoms with Crippen molar-refractivity contribution in [1.29, 1.82) is 0 Å². The van der Waals surface area contributed by atoms with E-state index in [0.29, 0.717) is 22.8 Å². The lowest BCUT2D eigenvalue weighted by atomic mass is 10.3. The number of hydrogen-bond donors (Lipinski definition) is 1. The van der Waals surface area contributed by atoms with E-state index in [1.807, 2.05) is 44.2 Å². The second kappa shape index (κ2) is 5.44. The molecule has 7 heteroatoms. The molecule has 2 N–H and O–H groups in total. The maximum atomic E-state index is 5.94. The highest BCUT2D eigenvalue weighted by Crippen LogP contribution is 2.29. The lowest BCUT2D eigenvalue weighted by Gasteiger charge is -2.00. The van der Waals surface area contributed by atoms with Gasteiger partial charge in [-0.1, -0.05) is 0 Å². The van der Waals surface area contributed by atoms with Crippen LogP contribution in [-0.2, 0) is 0 Å². The molecule has 1 aromatic carbocycles. The standard InChI is InChI=1S/C15H16N6O/c1-9-8-10(2)21-15(17-9)13(14(16)20-21)19-18-11-4-6-12(22-3)7-5-11/h4-8H,1-3H3,(H2,16,20). The number of fused-ring (bicyclic) bond motifs is 1. The largest absolute Gasteiger partial charge is 0.497 e. The van der Waals surface area contributed by atoms with E-state index in [9.17, 15) is 0 Å². The number of rotatable bonds is 3. The minimum Gasteiger partial charge on any atom is -0.497 e. The van der Waals surface area contributed by atoms with Gasteiger partial charge in [0, 0.05) is 11.4 Å². The molecule has 112 valence electrons. The highest BCUT2D eigenvalue weighted by molar-refractivity contribution is 5.75. The summed E-state index contributed by atoms with van der Waals surface area (Å²) >= 11 is 0. The lowest BCUT2D eigenvalue weighted by molar-refractivity contribution is 0.415. The number of aryl methyl sites for hydroxylation is 2. The maximum Gasteiger partial charge on any atom is 0.185 e. The molecule has 0 aliphatic carbocycles. The van der Waals surface area contributed by atoms with Gasteiger partial charge in [0.2, 0.25) is 0 Å². The van der Waals surface area contributed by atoms with E-state index in [2.05, 4.69) is 20.3 Å². The molecule has 0 saturated heterocycles. The fraction of sp³-hybridized carbons (Fsp3) is 0.200. The Hall–Kier alpha value is -2.96. The Kier molecular flexibility index (Phi) is 3.46. The predicted molar refractivity (Wildman–Crippen MR) is 84.0 cm³/mol. The quantitative estimate of drug-likeness (QED) is 0.750. The molecule has 0 atom stereocenters. The zero-order valence-electron chi connectivity index (χ0n) is 12.6. The maximum absolute atomic E-state index is 5.94. The van der Waals surface area contributed by atoms with Crippen molar-refractivity contribution in [1.82, 2.24) is 14.6 Å². The van der Waals surface area contributed by atoms with Crippen LogP contribution in [-0.4, -0.2) is 21.7 Å². The van der Waals surface area contributed by atoms with Crippen LogP contribution in [0.25, 0.3) is 5.65 Å². The van der Waals surface area contributed by atoms with Gasteiger partial charge in [0.15, 0.2) is 17.2 Å². The first-order valence-electron chi connectivity index (χ1n) is 6.77. The summed E-state index contributed by atoms with van der Waals surface area (Å²) in [5.74, 6) is 1.07. The Labute approximate surface area is 127 Å². The first-order valence-corrected chi connectivity index (χ1v) is 6.77. The number of ether oxygens (including phenoxy) is 1. The van der Waals surface area contributed by atoms with Gasteiger partial charge < -0.3 is 10.5 Å². The SMILES string of the molecule is COc1ccc(N=Nc2c(N)nn3c(C)cc(C)nc23)cc1. The molecular formula is C15H16N6O. The van der Waals surface area contributed by atoms with Gasteiger partial charge in [0.1, 0.15) is 5.75 Å². The van der Waals surface area contributed by atoms with Crippen molar-refractivity contribution >= 4 is 22.8 Å². The van der Waals surface area contributed by atoms with E-state index in [1.54, 1.807) is 11.6 Å². The molecular weight excluding hydrogens is 280 g/mol. The Morgan fingerprint density at radius 3 is 2.55 bits per heavy atom. The van der Waals surface area contributed by atoms with Crippen LogP contribution in [0.15, 0.2) is 40.6 Å². The van der Waals surface area contributed by atoms with E-state index >= 15 is 0 Å². The molecule has 7 nitrogen and oxygen atoms in total. The van der Waals surface area contributed by atoms with Crippen LogP contribution in [0, 0.1) is 13.8 Å². The molecule has 0 radical (unpaired) electrons. The number of anilines is 1. The topological polar surface area (TPSA) is 90.2 Å². The number of aromatic nitrogens is 3. The molecule has 0 bridgehead atoms. The summed E-state index contributed by atoms with van der Waals surface area (Å²) in [6.07, 6.45) is 0. The van der Waals surface area contributed by atoms with Gasteiger partial charge in [-0.25, -0.2) is 9.50 Å². The zero-order chi connectivity index (χ0) is 15.7. The molecule has 0 spiro atoms. The normalized spacial score (nSPS) is 11.4. The second-order valence-electron chi connectivity index (χ2n) is 4.91. The van der Waals surface area contributed by atoms with Gasteiger partial charge in [-0.3, -0.25) is 0 Å². The van der Waals surface area contributed by atoms with Crippen LogP contribution in [0.5, 0.6) is 5.75 Å². The molecule has 0 aliphatic heterocycles. The van der Waals surface area contributed by atoms with Crippen molar-refractivity contribution in [2.75, 3.05) is 12.8 Å². The Morgan fingerprint density at radius 1 is 1.14 bits per heavy atom. The monoisotopic (exact) mass is 296 g/mol. The van der Waals surface area contributed by atoms with Gasteiger partial charge >= 0.3 is 0 Å². The van der Waals surface area contributed by atoms with Crippen LogP contribution < -0.4 is 10.5 Å².